The van der Waals surface area contributed by atoms with Crippen molar-refractivity contribution in [3.63, 3.8) is 0 Å². The quantitative estimate of drug-likeness (QED) is 0.718. The van der Waals surface area contributed by atoms with Crippen molar-refractivity contribution in [1.29, 1.82) is 0 Å². The lowest BCUT2D eigenvalue weighted by molar-refractivity contribution is -0.118. The summed E-state index contributed by atoms with van der Waals surface area (Å²) in [6.45, 7) is 4.51. The maximum atomic E-state index is 12.2. The van der Waals surface area contributed by atoms with Gasteiger partial charge in [0.1, 0.15) is 5.75 Å². The maximum Gasteiger partial charge on any atom is 0.262 e. The first kappa shape index (κ1) is 18.5. The number of benzene rings is 2. The van der Waals surface area contributed by atoms with Crippen LogP contribution in [0.15, 0.2) is 42.5 Å². The highest BCUT2D eigenvalue weighted by atomic mass is 16.5. The highest BCUT2D eigenvalue weighted by Crippen LogP contribution is 2.19. The van der Waals surface area contributed by atoms with E-state index < -0.39 is 0 Å². The van der Waals surface area contributed by atoms with E-state index in [1.54, 1.807) is 24.3 Å². The van der Waals surface area contributed by atoms with E-state index in [-0.39, 0.29) is 18.4 Å². The number of rotatable bonds is 7. The van der Waals surface area contributed by atoms with E-state index in [1.807, 2.05) is 32.0 Å². The van der Waals surface area contributed by atoms with Crippen LogP contribution >= 0.6 is 0 Å². The zero-order chi connectivity index (χ0) is 18.2. The normalized spacial score (nSPS) is 10.2. The molecule has 0 aromatic heterocycles. The standard InChI is InChI=1S/C19H23N3O3/c1-13-7-8-17(14(2)11-13)25-12-18(23)22-16-6-4-3-5-15(16)19(24)21-10-9-20/h3-8,11H,9-10,12,20H2,1-2H3,(H,21,24)(H,22,23). The van der Waals surface area contributed by atoms with Crippen molar-refractivity contribution in [1.82, 2.24) is 5.32 Å². The largest absolute Gasteiger partial charge is 0.483 e. The molecule has 2 rings (SSSR count). The predicted molar refractivity (Wildman–Crippen MR) is 97.9 cm³/mol. The second-order valence-corrected chi connectivity index (χ2v) is 5.70. The number of amides is 2. The average Bonchev–Trinajstić information content (AvgIpc) is 2.59. The molecule has 0 atom stereocenters. The molecule has 6 nitrogen and oxygen atoms in total. The van der Waals surface area contributed by atoms with Gasteiger partial charge < -0.3 is 21.1 Å². The van der Waals surface area contributed by atoms with Crippen LogP contribution in [-0.4, -0.2) is 31.5 Å². The molecule has 0 unspecified atom stereocenters. The van der Waals surface area contributed by atoms with E-state index in [0.717, 1.165) is 11.1 Å². The number of anilines is 1. The zero-order valence-electron chi connectivity index (χ0n) is 14.5. The Morgan fingerprint density at radius 3 is 2.60 bits per heavy atom. The van der Waals surface area contributed by atoms with Gasteiger partial charge in [0.05, 0.1) is 11.3 Å². The monoisotopic (exact) mass is 341 g/mol. The Labute approximate surface area is 147 Å². The van der Waals surface area contributed by atoms with Crippen molar-refractivity contribution >= 4 is 17.5 Å². The van der Waals surface area contributed by atoms with E-state index in [9.17, 15) is 9.59 Å². The minimum Gasteiger partial charge on any atom is -0.483 e. The summed E-state index contributed by atoms with van der Waals surface area (Å²) < 4.78 is 5.56. The second-order valence-electron chi connectivity index (χ2n) is 5.70. The summed E-state index contributed by atoms with van der Waals surface area (Å²) in [6.07, 6.45) is 0. The third-order valence-corrected chi connectivity index (χ3v) is 3.56. The SMILES string of the molecule is Cc1ccc(OCC(=O)Nc2ccccc2C(=O)NCCN)c(C)c1. The van der Waals surface area contributed by atoms with Crippen LogP contribution in [0.4, 0.5) is 5.69 Å². The molecule has 6 heteroatoms. The van der Waals surface area contributed by atoms with Gasteiger partial charge in [-0.05, 0) is 37.6 Å². The van der Waals surface area contributed by atoms with E-state index >= 15 is 0 Å². The lowest BCUT2D eigenvalue weighted by Gasteiger charge is -2.12. The molecule has 2 amide bonds. The van der Waals surface area contributed by atoms with Crippen LogP contribution in [0.25, 0.3) is 0 Å². The van der Waals surface area contributed by atoms with Gasteiger partial charge in [-0.25, -0.2) is 0 Å². The molecule has 2 aromatic carbocycles. The summed E-state index contributed by atoms with van der Waals surface area (Å²) in [4.78, 5) is 24.3. The number of hydrogen-bond acceptors (Lipinski definition) is 4. The lowest BCUT2D eigenvalue weighted by Crippen LogP contribution is -2.30. The van der Waals surface area contributed by atoms with Crippen LogP contribution in [-0.2, 0) is 4.79 Å². The van der Waals surface area contributed by atoms with Gasteiger partial charge in [-0.3, -0.25) is 9.59 Å². The number of carbonyl (C=O) groups is 2. The molecule has 25 heavy (non-hydrogen) atoms. The zero-order valence-corrected chi connectivity index (χ0v) is 14.5. The van der Waals surface area contributed by atoms with Crippen LogP contribution in [0.2, 0.25) is 0 Å². The first-order valence-electron chi connectivity index (χ1n) is 8.08. The Bertz CT molecular complexity index is 759. The first-order chi connectivity index (χ1) is 12.0. The molecule has 0 bridgehead atoms. The van der Waals surface area contributed by atoms with Gasteiger partial charge in [0, 0.05) is 13.1 Å². The smallest absolute Gasteiger partial charge is 0.262 e. The second kappa shape index (κ2) is 8.84. The Morgan fingerprint density at radius 2 is 1.88 bits per heavy atom. The topological polar surface area (TPSA) is 93.4 Å². The summed E-state index contributed by atoms with van der Waals surface area (Å²) in [5.41, 5.74) is 8.31. The highest BCUT2D eigenvalue weighted by molar-refractivity contribution is 6.04. The molecule has 0 saturated heterocycles. The number of carbonyl (C=O) groups excluding carboxylic acids is 2. The lowest BCUT2D eigenvalue weighted by atomic mass is 10.1. The maximum absolute atomic E-state index is 12.2. The minimum absolute atomic E-state index is 0.136. The molecule has 0 saturated carbocycles. The van der Waals surface area contributed by atoms with Crippen LogP contribution < -0.4 is 21.1 Å². The molecule has 4 N–H and O–H groups in total. The van der Waals surface area contributed by atoms with Gasteiger partial charge in [-0.15, -0.1) is 0 Å². The molecule has 2 aromatic rings. The first-order valence-corrected chi connectivity index (χ1v) is 8.08. The van der Waals surface area contributed by atoms with Crippen molar-refractivity contribution in [2.24, 2.45) is 5.73 Å². The molecule has 0 aliphatic carbocycles. The van der Waals surface area contributed by atoms with Gasteiger partial charge in [0.2, 0.25) is 0 Å². The molecular formula is C19H23N3O3. The molecule has 132 valence electrons. The highest BCUT2D eigenvalue weighted by Gasteiger charge is 2.13. The Morgan fingerprint density at radius 1 is 1.12 bits per heavy atom. The fourth-order valence-electron chi connectivity index (χ4n) is 2.36. The van der Waals surface area contributed by atoms with Crippen LogP contribution in [0.5, 0.6) is 5.75 Å². The number of para-hydroxylation sites is 1. The van der Waals surface area contributed by atoms with Gasteiger partial charge in [-0.1, -0.05) is 29.8 Å². The number of nitrogens with two attached hydrogens (primary N) is 1. The average molecular weight is 341 g/mol. The molecule has 0 fully saturated rings. The third-order valence-electron chi connectivity index (χ3n) is 3.56. The fraction of sp³-hybridized carbons (Fsp3) is 0.263. The minimum atomic E-state index is -0.334. The van der Waals surface area contributed by atoms with E-state index in [4.69, 9.17) is 10.5 Å². The molecular weight excluding hydrogens is 318 g/mol. The number of hydrogen-bond donors (Lipinski definition) is 3. The number of nitrogens with one attached hydrogen (secondary N) is 2. The summed E-state index contributed by atoms with van der Waals surface area (Å²) >= 11 is 0. The molecule has 0 radical (unpaired) electrons. The van der Waals surface area contributed by atoms with Crippen LogP contribution in [0.3, 0.4) is 0 Å². The Kier molecular flexibility index (Phi) is 6.54. The fourth-order valence-corrected chi connectivity index (χ4v) is 2.36. The van der Waals surface area contributed by atoms with Crippen molar-refractivity contribution in [2.75, 3.05) is 25.0 Å². The van der Waals surface area contributed by atoms with Crippen molar-refractivity contribution < 1.29 is 14.3 Å². The summed E-state index contributed by atoms with van der Waals surface area (Å²) in [6, 6.07) is 12.6. The van der Waals surface area contributed by atoms with Crippen LogP contribution in [0.1, 0.15) is 21.5 Å². The van der Waals surface area contributed by atoms with Gasteiger partial charge in [0.15, 0.2) is 6.61 Å². The predicted octanol–water partition coefficient (Wildman–Crippen LogP) is 2.01. The van der Waals surface area contributed by atoms with Crippen molar-refractivity contribution in [2.45, 2.75) is 13.8 Å². The van der Waals surface area contributed by atoms with Gasteiger partial charge >= 0.3 is 0 Å². The summed E-state index contributed by atoms with van der Waals surface area (Å²) in [5.74, 6) is 0.0467. The van der Waals surface area contributed by atoms with Crippen molar-refractivity contribution in [3.8, 4) is 5.75 Å². The van der Waals surface area contributed by atoms with E-state index in [2.05, 4.69) is 10.6 Å². The van der Waals surface area contributed by atoms with E-state index in [0.29, 0.717) is 30.1 Å². The molecule has 0 aliphatic heterocycles. The van der Waals surface area contributed by atoms with Gasteiger partial charge in [0.25, 0.3) is 11.8 Å². The number of ether oxygens (including phenoxy) is 1. The van der Waals surface area contributed by atoms with Gasteiger partial charge in [-0.2, -0.15) is 0 Å². The Hall–Kier alpha value is -2.86. The third kappa shape index (κ3) is 5.32. The Balaban J connectivity index is 1.99. The summed E-state index contributed by atoms with van der Waals surface area (Å²) in [7, 11) is 0. The van der Waals surface area contributed by atoms with E-state index in [1.165, 1.54) is 0 Å². The molecule has 0 aliphatic rings. The van der Waals surface area contributed by atoms with Crippen molar-refractivity contribution in [3.05, 3.63) is 59.2 Å². The molecule has 0 spiro atoms. The van der Waals surface area contributed by atoms with Crippen LogP contribution in [0, 0.1) is 13.8 Å². The number of aryl methyl sites for hydroxylation is 2. The summed E-state index contributed by atoms with van der Waals surface area (Å²) in [5, 5.41) is 5.40. The molecule has 0 heterocycles.